The maximum Gasteiger partial charge on any atom is 0.163 e. The SMILES string of the molecule is CCC/C(OC)=C(\CC)c1cc(C(=O)CCC/C=C2/Nc3ccc(CCCC(C)CC(C)CC)cc3N2C)cc(C)n1. The van der Waals surface area contributed by atoms with Crippen molar-refractivity contribution in [1.29, 1.82) is 0 Å². The number of carbonyl (C=O) groups excluding carboxylic acids is 1. The van der Waals surface area contributed by atoms with Gasteiger partial charge in [-0.05, 0) is 99.6 Å². The van der Waals surface area contributed by atoms with Crippen molar-refractivity contribution in [2.75, 3.05) is 24.4 Å². The number of ketones is 1. The molecule has 0 fully saturated rings. The number of benzene rings is 1. The van der Waals surface area contributed by atoms with Crippen molar-refractivity contribution >= 4 is 22.7 Å². The molecule has 1 N–H and O–H groups in total. The average molecular weight is 574 g/mol. The Labute approximate surface area is 255 Å². The number of nitrogens with zero attached hydrogens (tertiary/aromatic N) is 2. The lowest BCUT2D eigenvalue weighted by atomic mass is 9.91. The van der Waals surface area contributed by atoms with Crippen LogP contribution in [0.2, 0.25) is 0 Å². The summed E-state index contributed by atoms with van der Waals surface area (Å²) >= 11 is 0. The van der Waals surface area contributed by atoms with E-state index >= 15 is 0 Å². The van der Waals surface area contributed by atoms with E-state index in [1.807, 2.05) is 19.1 Å². The number of anilines is 2. The van der Waals surface area contributed by atoms with Gasteiger partial charge in [0.15, 0.2) is 5.78 Å². The van der Waals surface area contributed by atoms with E-state index in [2.05, 4.69) is 76.2 Å². The lowest BCUT2D eigenvalue weighted by molar-refractivity contribution is 0.0980. The lowest BCUT2D eigenvalue weighted by Crippen LogP contribution is -2.14. The molecule has 3 rings (SSSR count). The van der Waals surface area contributed by atoms with Crippen LogP contribution in [0.5, 0.6) is 0 Å². The molecule has 2 heterocycles. The van der Waals surface area contributed by atoms with Crippen LogP contribution in [0.25, 0.3) is 5.57 Å². The van der Waals surface area contributed by atoms with Gasteiger partial charge < -0.3 is 15.0 Å². The summed E-state index contributed by atoms with van der Waals surface area (Å²) in [6, 6.07) is 10.7. The number of fused-ring (bicyclic) bond motifs is 1. The number of carbonyl (C=O) groups is 1. The van der Waals surface area contributed by atoms with E-state index in [0.717, 1.165) is 90.2 Å². The third kappa shape index (κ3) is 9.21. The molecule has 0 saturated heterocycles. The molecule has 0 saturated carbocycles. The van der Waals surface area contributed by atoms with Crippen molar-refractivity contribution in [1.82, 2.24) is 4.98 Å². The Kier molecular flexibility index (Phi) is 13.2. The number of rotatable bonds is 17. The van der Waals surface area contributed by atoms with Gasteiger partial charge in [-0.2, -0.15) is 0 Å². The fourth-order valence-corrected chi connectivity index (χ4v) is 6.04. The number of Topliss-reactive ketones (excluding diaryl/α,β-unsaturated/α-hetero) is 1. The molecule has 0 aliphatic carbocycles. The zero-order valence-corrected chi connectivity index (χ0v) is 27.6. The minimum absolute atomic E-state index is 0.171. The van der Waals surface area contributed by atoms with Gasteiger partial charge in [0.05, 0.1) is 24.2 Å². The highest BCUT2D eigenvalue weighted by Gasteiger charge is 2.21. The Morgan fingerprint density at radius 3 is 2.55 bits per heavy atom. The average Bonchev–Trinajstić information content (AvgIpc) is 3.29. The van der Waals surface area contributed by atoms with Crippen molar-refractivity contribution in [3.8, 4) is 0 Å². The van der Waals surface area contributed by atoms with E-state index in [1.165, 1.54) is 36.9 Å². The molecule has 0 amide bonds. The molecule has 2 unspecified atom stereocenters. The van der Waals surface area contributed by atoms with Crippen molar-refractivity contribution in [3.63, 3.8) is 0 Å². The zero-order valence-electron chi connectivity index (χ0n) is 27.6. The third-order valence-corrected chi connectivity index (χ3v) is 8.66. The Bertz CT molecular complexity index is 1250. The van der Waals surface area contributed by atoms with Crippen LogP contribution in [-0.2, 0) is 11.2 Å². The minimum atomic E-state index is 0.171. The Balaban J connectivity index is 1.55. The summed E-state index contributed by atoms with van der Waals surface area (Å²) in [7, 11) is 3.85. The predicted octanol–water partition coefficient (Wildman–Crippen LogP) is 10.1. The number of ether oxygens (including phenoxy) is 1. The van der Waals surface area contributed by atoms with Crippen molar-refractivity contribution in [3.05, 3.63) is 70.5 Å². The summed E-state index contributed by atoms with van der Waals surface area (Å²) in [4.78, 5) is 20.2. The number of unbranched alkanes of at least 4 members (excludes halogenated alkanes) is 1. The topological polar surface area (TPSA) is 54.5 Å². The second-order valence-electron chi connectivity index (χ2n) is 12.3. The summed E-state index contributed by atoms with van der Waals surface area (Å²) in [6.45, 7) is 13.3. The minimum Gasteiger partial charge on any atom is -0.501 e. The van der Waals surface area contributed by atoms with Crippen LogP contribution in [0.4, 0.5) is 11.4 Å². The summed E-state index contributed by atoms with van der Waals surface area (Å²) < 4.78 is 5.68. The van der Waals surface area contributed by atoms with Crippen molar-refractivity contribution in [2.45, 2.75) is 112 Å². The molecule has 0 spiro atoms. The second-order valence-corrected chi connectivity index (χ2v) is 12.3. The van der Waals surface area contributed by atoms with Gasteiger partial charge in [-0.1, -0.05) is 53.5 Å². The van der Waals surface area contributed by atoms with E-state index in [0.29, 0.717) is 6.42 Å². The number of methoxy groups -OCH3 is 1. The summed E-state index contributed by atoms with van der Waals surface area (Å²) in [5.41, 5.74) is 7.37. The van der Waals surface area contributed by atoms with Gasteiger partial charge in [0.25, 0.3) is 0 Å². The van der Waals surface area contributed by atoms with E-state index < -0.39 is 0 Å². The molecular formula is C37H55N3O2. The smallest absolute Gasteiger partial charge is 0.163 e. The Hall–Kier alpha value is -3.08. The maximum absolute atomic E-state index is 13.2. The first-order chi connectivity index (χ1) is 20.2. The first-order valence-electron chi connectivity index (χ1n) is 16.3. The van der Waals surface area contributed by atoms with Gasteiger partial charge in [-0.3, -0.25) is 9.78 Å². The first kappa shape index (κ1) is 33.4. The van der Waals surface area contributed by atoms with Crippen LogP contribution in [0.3, 0.4) is 0 Å². The number of hydrogen-bond donors (Lipinski definition) is 1. The molecule has 1 aliphatic rings. The summed E-state index contributed by atoms with van der Waals surface area (Å²) in [5, 5.41) is 3.57. The van der Waals surface area contributed by atoms with Crippen LogP contribution >= 0.6 is 0 Å². The summed E-state index contributed by atoms with van der Waals surface area (Å²) in [5.74, 6) is 3.86. The van der Waals surface area contributed by atoms with E-state index in [4.69, 9.17) is 9.72 Å². The van der Waals surface area contributed by atoms with Crippen LogP contribution in [0.1, 0.15) is 126 Å². The second kappa shape index (κ2) is 16.5. The highest BCUT2D eigenvalue weighted by molar-refractivity contribution is 5.96. The molecule has 5 nitrogen and oxygen atoms in total. The van der Waals surface area contributed by atoms with Crippen LogP contribution in [-0.4, -0.2) is 24.9 Å². The van der Waals surface area contributed by atoms with E-state index in [9.17, 15) is 4.79 Å². The molecule has 0 bridgehead atoms. The van der Waals surface area contributed by atoms with Gasteiger partial charge in [0.2, 0.25) is 0 Å². The molecule has 2 atom stereocenters. The number of pyridine rings is 1. The van der Waals surface area contributed by atoms with E-state index in [-0.39, 0.29) is 5.78 Å². The molecule has 1 aliphatic heterocycles. The Morgan fingerprint density at radius 2 is 1.86 bits per heavy atom. The monoisotopic (exact) mass is 573 g/mol. The van der Waals surface area contributed by atoms with Crippen LogP contribution in [0, 0.1) is 18.8 Å². The highest BCUT2D eigenvalue weighted by atomic mass is 16.5. The maximum atomic E-state index is 13.2. The first-order valence-corrected chi connectivity index (χ1v) is 16.3. The van der Waals surface area contributed by atoms with Gasteiger partial charge in [0, 0.05) is 36.7 Å². The molecule has 230 valence electrons. The summed E-state index contributed by atoms with van der Waals surface area (Å²) in [6.07, 6.45) is 13.4. The molecule has 0 radical (unpaired) electrons. The largest absolute Gasteiger partial charge is 0.501 e. The lowest BCUT2D eigenvalue weighted by Gasteiger charge is -2.16. The molecule has 2 aromatic rings. The number of aryl methyl sites for hydroxylation is 2. The number of hydrogen-bond acceptors (Lipinski definition) is 5. The third-order valence-electron chi connectivity index (χ3n) is 8.66. The van der Waals surface area contributed by atoms with Gasteiger partial charge in [0.1, 0.15) is 11.6 Å². The van der Waals surface area contributed by atoms with Gasteiger partial charge in [-0.25, -0.2) is 0 Å². The molecular weight excluding hydrogens is 518 g/mol. The molecule has 42 heavy (non-hydrogen) atoms. The molecule has 1 aromatic carbocycles. The zero-order chi connectivity index (χ0) is 30.6. The fourth-order valence-electron chi connectivity index (χ4n) is 6.04. The van der Waals surface area contributed by atoms with Gasteiger partial charge >= 0.3 is 0 Å². The van der Waals surface area contributed by atoms with Crippen LogP contribution < -0.4 is 10.2 Å². The number of aromatic nitrogens is 1. The molecule has 5 heteroatoms. The number of allylic oxidation sites excluding steroid dienone is 3. The fraction of sp³-hybridized carbons (Fsp3) is 0.568. The quantitative estimate of drug-likeness (QED) is 0.116. The van der Waals surface area contributed by atoms with E-state index in [1.54, 1.807) is 7.11 Å². The normalized spacial score (nSPS) is 15.7. The van der Waals surface area contributed by atoms with Crippen LogP contribution in [0.15, 0.2) is 48.0 Å². The van der Waals surface area contributed by atoms with Crippen molar-refractivity contribution < 1.29 is 9.53 Å². The Morgan fingerprint density at radius 1 is 1.07 bits per heavy atom. The van der Waals surface area contributed by atoms with Gasteiger partial charge in [-0.15, -0.1) is 0 Å². The molecule has 1 aromatic heterocycles. The predicted molar refractivity (Wildman–Crippen MR) is 179 cm³/mol. The standard InChI is InChI=1S/C37H55N3O2/c1-9-15-36(42-8)31(11-3)33-25-30(23-28(6)38-33)35(41)18-12-13-19-37-39-32-21-20-29(24-34(32)40(37)7)17-14-16-27(5)22-26(4)10-2/h19-21,23-27,39H,9-18,22H2,1-8H3/b36-31-,37-19-. The number of nitrogens with one attached hydrogen (secondary N) is 1. The highest BCUT2D eigenvalue weighted by Crippen LogP contribution is 2.36. The van der Waals surface area contributed by atoms with Crippen molar-refractivity contribution in [2.24, 2.45) is 11.8 Å².